The van der Waals surface area contributed by atoms with Crippen molar-refractivity contribution >= 4 is 24.6 Å². The molecule has 54 heavy (non-hydrogen) atoms. The van der Waals surface area contributed by atoms with Gasteiger partial charge in [0.1, 0.15) is 6.29 Å². The van der Waals surface area contributed by atoms with Crippen molar-refractivity contribution in [2.45, 2.75) is 201 Å². The van der Waals surface area contributed by atoms with Crippen molar-refractivity contribution in [1.29, 1.82) is 0 Å². The first-order valence-corrected chi connectivity index (χ1v) is 23.0. The highest BCUT2D eigenvalue weighted by Gasteiger charge is 2.15. The molecule has 0 saturated carbocycles. The Hall–Kier alpha value is -2.00. The van der Waals surface area contributed by atoms with Crippen LogP contribution < -0.4 is 5.32 Å². The van der Waals surface area contributed by atoms with Gasteiger partial charge in [0, 0.05) is 38.9 Å². The van der Waals surface area contributed by atoms with E-state index in [0.29, 0.717) is 51.9 Å². The lowest BCUT2D eigenvalue weighted by Crippen LogP contribution is -2.38. The van der Waals surface area contributed by atoms with Gasteiger partial charge in [0.05, 0.1) is 6.61 Å². The Morgan fingerprint density at radius 1 is 0.481 bits per heavy atom. The van der Waals surface area contributed by atoms with Crippen LogP contribution in [0, 0.1) is 0 Å². The van der Waals surface area contributed by atoms with E-state index in [9.17, 15) is 19.2 Å². The molecule has 2 amide bonds. The third-order valence-corrected chi connectivity index (χ3v) is 10.5. The molecule has 9 heteroatoms. The summed E-state index contributed by atoms with van der Waals surface area (Å²) in [5, 5.41) is 2.74. The first kappa shape index (κ1) is 52.0. The van der Waals surface area contributed by atoms with Crippen LogP contribution in [-0.4, -0.2) is 105 Å². The molecule has 9 nitrogen and oxygen atoms in total. The summed E-state index contributed by atoms with van der Waals surface area (Å²) < 4.78 is 5.43. The molecule has 0 aromatic carbocycles. The van der Waals surface area contributed by atoms with E-state index in [1.54, 1.807) is 0 Å². The zero-order valence-electron chi connectivity index (χ0n) is 35.9. The summed E-state index contributed by atoms with van der Waals surface area (Å²) in [5.74, 6) is 0.0672. The monoisotopic (exact) mass is 765 g/mol. The summed E-state index contributed by atoms with van der Waals surface area (Å²) in [6.07, 6.45) is 32.9. The van der Waals surface area contributed by atoms with Gasteiger partial charge in [-0.25, -0.2) is 0 Å². The molecule has 0 fully saturated rings. The van der Waals surface area contributed by atoms with E-state index < -0.39 is 0 Å². The molecular formula is C45H88N4O5. The molecule has 0 atom stereocenters. The van der Waals surface area contributed by atoms with Gasteiger partial charge in [0.25, 0.3) is 0 Å². The lowest BCUT2D eigenvalue weighted by atomic mass is 10.1. The van der Waals surface area contributed by atoms with Crippen LogP contribution in [-0.2, 0) is 23.9 Å². The molecule has 0 aromatic rings. The fraction of sp³-hybridized carbons (Fsp3) is 0.911. The minimum absolute atomic E-state index is 0.0954. The average molecular weight is 765 g/mol. The molecule has 0 spiro atoms. The van der Waals surface area contributed by atoms with Gasteiger partial charge >= 0.3 is 5.97 Å². The third kappa shape index (κ3) is 35.7. The van der Waals surface area contributed by atoms with Crippen molar-refractivity contribution in [2.24, 2.45) is 0 Å². The average Bonchev–Trinajstić information content (AvgIpc) is 3.17. The number of unbranched alkanes of at least 4 members (excludes halogenated alkanes) is 19. The highest BCUT2D eigenvalue weighted by Crippen LogP contribution is 2.13. The van der Waals surface area contributed by atoms with Crippen LogP contribution in [0.25, 0.3) is 0 Å². The molecule has 0 rings (SSSR count). The lowest BCUT2D eigenvalue weighted by Gasteiger charge is -2.25. The van der Waals surface area contributed by atoms with Gasteiger partial charge < -0.3 is 29.5 Å². The second kappa shape index (κ2) is 42.1. The maximum absolute atomic E-state index is 13.4. The largest absolute Gasteiger partial charge is 0.466 e. The van der Waals surface area contributed by atoms with Crippen molar-refractivity contribution in [3.63, 3.8) is 0 Å². The zero-order valence-corrected chi connectivity index (χ0v) is 35.9. The molecule has 0 bridgehead atoms. The van der Waals surface area contributed by atoms with Crippen molar-refractivity contribution in [2.75, 3.05) is 65.5 Å². The second-order valence-corrected chi connectivity index (χ2v) is 15.6. The van der Waals surface area contributed by atoms with Crippen LogP contribution in [0.1, 0.15) is 201 Å². The van der Waals surface area contributed by atoms with Crippen LogP contribution in [0.3, 0.4) is 0 Å². The summed E-state index contributed by atoms with van der Waals surface area (Å²) >= 11 is 0. The number of nitrogens with one attached hydrogen (secondary N) is 1. The molecule has 0 aliphatic heterocycles. The van der Waals surface area contributed by atoms with E-state index in [1.165, 1.54) is 96.3 Å². The molecular weight excluding hydrogens is 677 g/mol. The molecule has 0 aromatic heterocycles. The first-order valence-electron chi connectivity index (χ1n) is 23.0. The minimum Gasteiger partial charge on any atom is -0.466 e. The predicted octanol–water partition coefficient (Wildman–Crippen LogP) is 9.89. The Kier molecular flexibility index (Phi) is 40.6. The van der Waals surface area contributed by atoms with Crippen molar-refractivity contribution < 1.29 is 23.9 Å². The number of amides is 2. The number of carbonyl (C=O) groups is 4. The molecule has 0 heterocycles. The number of ether oxygens (including phenoxy) is 1. The fourth-order valence-corrected chi connectivity index (χ4v) is 7.11. The number of aldehydes is 1. The minimum atomic E-state index is -0.0954. The molecule has 1 N–H and O–H groups in total. The first-order chi connectivity index (χ1) is 26.5. The number of carbonyl (C=O) groups excluding carboxylic acids is 4. The second-order valence-electron chi connectivity index (χ2n) is 15.6. The lowest BCUT2D eigenvalue weighted by molar-refractivity contribution is -0.144. The van der Waals surface area contributed by atoms with Crippen LogP contribution in [0.5, 0.6) is 0 Å². The summed E-state index contributed by atoms with van der Waals surface area (Å²) in [6.45, 7) is 14.8. The van der Waals surface area contributed by atoms with E-state index >= 15 is 0 Å². The van der Waals surface area contributed by atoms with E-state index in [0.717, 1.165) is 110 Å². The SMILES string of the molecule is CCCCCCCCCCN(CCCC=O)CCCCCN(CCNC=O)C(=O)CCCN(CCCCCCCCCC)CCCC(=O)OCCCCC. The van der Waals surface area contributed by atoms with E-state index in [4.69, 9.17) is 4.74 Å². The van der Waals surface area contributed by atoms with Gasteiger partial charge in [-0.15, -0.1) is 0 Å². The van der Waals surface area contributed by atoms with Gasteiger partial charge in [-0.05, 0) is 90.6 Å². The van der Waals surface area contributed by atoms with Gasteiger partial charge in [-0.2, -0.15) is 0 Å². The topological polar surface area (TPSA) is 99.3 Å². The van der Waals surface area contributed by atoms with E-state index in [1.807, 2.05) is 4.90 Å². The summed E-state index contributed by atoms with van der Waals surface area (Å²) in [6, 6.07) is 0. The van der Waals surface area contributed by atoms with Gasteiger partial charge in [-0.3, -0.25) is 14.4 Å². The maximum Gasteiger partial charge on any atom is 0.305 e. The van der Waals surface area contributed by atoms with Gasteiger partial charge in [0.15, 0.2) is 0 Å². The van der Waals surface area contributed by atoms with Gasteiger partial charge in [-0.1, -0.05) is 130 Å². The summed E-state index contributed by atoms with van der Waals surface area (Å²) in [7, 11) is 0. The standard InChI is InChI=1S/C45H88N4O5/c1-4-7-10-12-14-16-18-21-33-47(36-25-26-41-50)35-23-20-24-39-49(40-32-46-43-51)44(52)30-28-37-48(34-22-19-17-15-13-11-8-5-2)38-29-31-45(53)54-42-27-9-6-3/h41,43H,4-40,42H2,1-3H3,(H,46,51). The van der Waals surface area contributed by atoms with Crippen LogP contribution in [0.15, 0.2) is 0 Å². The Balaban J connectivity index is 4.81. The Bertz CT molecular complexity index is 845. The normalized spacial score (nSPS) is 11.4. The highest BCUT2D eigenvalue weighted by atomic mass is 16.5. The van der Waals surface area contributed by atoms with E-state index in [-0.39, 0.29) is 11.9 Å². The van der Waals surface area contributed by atoms with Crippen molar-refractivity contribution in [3.05, 3.63) is 0 Å². The number of esters is 1. The van der Waals surface area contributed by atoms with E-state index in [2.05, 4.69) is 35.9 Å². The van der Waals surface area contributed by atoms with Crippen molar-refractivity contribution in [3.8, 4) is 0 Å². The predicted molar refractivity (Wildman–Crippen MR) is 227 cm³/mol. The Morgan fingerprint density at radius 3 is 1.43 bits per heavy atom. The molecule has 0 radical (unpaired) electrons. The highest BCUT2D eigenvalue weighted by molar-refractivity contribution is 5.76. The van der Waals surface area contributed by atoms with Gasteiger partial charge in [0.2, 0.25) is 12.3 Å². The van der Waals surface area contributed by atoms with Crippen LogP contribution in [0.2, 0.25) is 0 Å². The summed E-state index contributed by atoms with van der Waals surface area (Å²) in [5.41, 5.74) is 0. The Labute approximate surface area is 333 Å². The number of hydrogen-bond donors (Lipinski definition) is 1. The molecule has 0 aliphatic rings. The quantitative estimate of drug-likeness (QED) is 0.0375. The smallest absolute Gasteiger partial charge is 0.305 e. The number of nitrogens with zero attached hydrogens (tertiary/aromatic N) is 3. The summed E-state index contributed by atoms with van der Waals surface area (Å²) in [4.78, 5) is 54.5. The zero-order chi connectivity index (χ0) is 39.6. The molecule has 0 aliphatic carbocycles. The van der Waals surface area contributed by atoms with Crippen LogP contribution >= 0.6 is 0 Å². The third-order valence-electron chi connectivity index (χ3n) is 10.5. The molecule has 318 valence electrons. The molecule has 0 saturated heterocycles. The van der Waals surface area contributed by atoms with Crippen molar-refractivity contribution in [1.82, 2.24) is 20.0 Å². The van der Waals surface area contributed by atoms with Crippen LogP contribution in [0.4, 0.5) is 0 Å². The number of rotatable bonds is 44. The maximum atomic E-state index is 13.4. The fourth-order valence-electron chi connectivity index (χ4n) is 7.11. The number of hydrogen-bond acceptors (Lipinski definition) is 7. The molecule has 0 unspecified atom stereocenters. The Morgan fingerprint density at radius 2 is 0.907 bits per heavy atom.